The van der Waals surface area contributed by atoms with Crippen LogP contribution in [-0.4, -0.2) is 28.0 Å². The van der Waals surface area contributed by atoms with Crippen molar-refractivity contribution in [3.63, 3.8) is 0 Å². The van der Waals surface area contributed by atoms with E-state index in [0.29, 0.717) is 5.78 Å². The lowest BCUT2D eigenvalue weighted by molar-refractivity contribution is -0.124. The number of carbonyl (C=O) groups is 1. The van der Waals surface area contributed by atoms with Crippen LogP contribution in [0.25, 0.3) is 0 Å². The van der Waals surface area contributed by atoms with Gasteiger partial charge in [0.05, 0.1) is 0 Å². The molecule has 0 aliphatic heterocycles. The standard InChI is InChI=1S/C9H18OS3/c1-8(2,3)7(10)9(11-4,12-5)13-6/h1-6H3. The van der Waals surface area contributed by atoms with Crippen molar-refractivity contribution in [2.24, 2.45) is 5.41 Å². The molecule has 78 valence electrons. The molecular weight excluding hydrogens is 220 g/mol. The average molecular weight is 238 g/mol. The molecule has 0 unspecified atom stereocenters. The third-order valence-corrected chi connectivity index (χ3v) is 6.93. The molecule has 0 bridgehead atoms. The zero-order chi connectivity index (χ0) is 10.7. The largest absolute Gasteiger partial charge is 0.296 e. The molecule has 0 aliphatic carbocycles. The third-order valence-electron chi connectivity index (χ3n) is 1.77. The molecule has 0 amide bonds. The van der Waals surface area contributed by atoms with E-state index in [4.69, 9.17) is 0 Å². The predicted molar refractivity (Wildman–Crippen MR) is 67.7 cm³/mol. The summed E-state index contributed by atoms with van der Waals surface area (Å²) in [5.41, 5.74) is -0.255. The number of thioether (sulfide) groups is 3. The first-order chi connectivity index (χ1) is 5.84. The molecule has 0 N–H and O–H groups in total. The van der Waals surface area contributed by atoms with Gasteiger partial charge in [0.2, 0.25) is 0 Å². The Morgan fingerprint density at radius 2 is 1.23 bits per heavy atom. The van der Waals surface area contributed by atoms with Crippen LogP contribution in [0, 0.1) is 5.41 Å². The number of ketones is 1. The Balaban J connectivity index is 4.85. The molecule has 1 nitrogen and oxygen atoms in total. The van der Waals surface area contributed by atoms with E-state index < -0.39 is 0 Å². The Hall–Kier alpha value is 0.720. The van der Waals surface area contributed by atoms with Crippen LogP contribution in [0.3, 0.4) is 0 Å². The molecule has 0 saturated heterocycles. The van der Waals surface area contributed by atoms with Crippen LogP contribution >= 0.6 is 35.3 Å². The Bertz CT molecular complexity index is 172. The van der Waals surface area contributed by atoms with Crippen LogP contribution in [0.1, 0.15) is 20.8 Å². The van der Waals surface area contributed by atoms with Crippen molar-refractivity contribution in [3.8, 4) is 0 Å². The molecule has 0 heterocycles. The van der Waals surface area contributed by atoms with E-state index in [1.54, 1.807) is 35.3 Å². The van der Waals surface area contributed by atoms with Gasteiger partial charge in [-0.25, -0.2) is 0 Å². The van der Waals surface area contributed by atoms with Crippen molar-refractivity contribution in [3.05, 3.63) is 0 Å². The summed E-state index contributed by atoms with van der Waals surface area (Å²) in [6.07, 6.45) is 5.99. The maximum Gasteiger partial charge on any atom is 0.174 e. The molecule has 0 aliphatic rings. The van der Waals surface area contributed by atoms with Crippen molar-refractivity contribution in [2.75, 3.05) is 18.8 Å². The molecule has 0 radical (unpaired) electrons. The first kappa shape index (κ1) is 13.7. The van der Waals surface area contributed by atoms with Crippen LogP contribution in [0.5, 0.6) is 0 Å². The Kier molecular flexibility index (Phi) is 5.26. The van der Waals surface area contributed by atoms with Crippen molar-refractivity contribution in [1.29, 1.82) is 0 Å². The topological polar surface area (TPSA) is 17.1 Å². The van der Waals surface area contributed by atoms with E-state index >= 15 is 0 Å². The van der Waals surface area contributed by atoms with Crippen molar-refractivity contribution >= 4 is 41.1 Å². The van der Waals surface area contributed by atoms with Crippen molar-refractivity contribution < 1.29 is 4.79 Å². The highest BCUT2D eigenvalue weighted by Crippen LogP contribution is 2.47. The van der Waals surface area contributed by atoms with Crippen LogP contribution in [-0.2, 0) is 4.79 Å². The van der Waals surface area contributed by atoms with E-state index in [1.165, 1.54) is 0 Å². The fourth-order valence-corrected chi connectivity index (χ4v) is 4.46. The van der Waals surface area contributed by atoms with Gasteiger partial charge in [-0.2, -0.15) is 0 Å². The maximum atomic E-state index is 12.1. The highest BCUT2D eigenvalue weighted by molar-refractivity contribution is 8.34. The van der Waals surface area contributed by atoms with Gasteiger partial charge in [-0.15, -0.1) is 35.3 Å². The second kappa shape index (κ2) is 4.99. The van der Waals surface area contributed by atoms with E-state index in [1.807, 2.05) is 39.5 Å². The van der Waals surface area contributed by atoms with Gasteiger partial charge in [0.15, 0.2) is 9.19 Å². The van der Waals surface area contributed by atoms with Gasteiger partial charge >= 0.3 is 0 Å². The summed E-state index contributed by atoms with van der Waals surface area (Å²) in [4.78, 5) is 12.1. The van der Waals surface area contributed by atoms with Gasteiger partial charge in [0.25, 0.3) is 0 Å². The molecule has 0 saturated carbocycles. The monoisotopic (exact) mass is 238 g/mol. The summed E-state index contributed by atoms with van der Waals surface area (Å²) < 4.78 is -0.321. The van der Waals surface area contributed by atoms with Gasteiger partial charge in [0.1, 0.15) is 0 Å². The van der Waals surface area contributed by atoms with Crippen molar-refractivity contribution in [2.45, 2.75) is 24.2 Å². The number of hydrogen-bond donors (Lipinski definition) is 0. The Labute approximate surface area is 94.2 Å². The van der Waals surface area contributed by atoms with Crippen LogP contribution < -0.4 is 0 Å². The fourth-order valence-electron chi connectivity index (χ4n) is 0.987. The number of carbonyl (C=O) groups excluding carboxylic acids is 1. The summed E-state index contributed by atoms with van der Waals surface area (Å²) in [6, 6.07) is 0. The van der Waals surface area contributed by atoms with E-state index in [0.717, 1.165) is 0 Å². The second-order valence-electron chi connectivity index (χ2n) is 3.75. The normalized spacial score (nSPS) is 13.1. The number of rotatable bonds is 4. The molecule has 13 heavy (non-hydrogen) atoms. The molecule has 4 heteroatoms. The van der Waals surface area contributed by atoms with E-state index in [9.17, 15) is 4.79 Å². The lowest BCUT2D eigenvalue weighted by Gasteiger charge is -2.32. The summed E-state index contributed by atoms with van der Waals surface area (Å²) in [6.45, 7) is 5.94. The predicted octanol–water partition coefficient (Wildman–Crippen LogP) is 3.34. The third kappa shape index (κ3) is 3.10. The minimum Gasteiger partial charge on any atom is -0.296 e. The van der Waals surface area contributed by atoms with Crippen LogP contribution in [0.15, 0.2) is 0 Å². The van der Waals surface area contributed by atoms with Crippen LogP contribution in [0.4, 0.5) is 0 Å². The lowest BCUT2D eigenvalue weighted by atomic mass is 9.92. The summed E-state index contributed by atoms with van der Waals surface area (Å²) in [5, 5.41) is 0. The number of hydrogen-bond acceptors (Lipinski definition) is 4. The zero-order valence-electron chi connectivity index (χ0n) is 9.13. The SMILES string of the molecule is CSC(SC)(SC)C(=O)C(C)(C)C. The van der Waals surface area contributed by atoms with Gasteiger partial charge in [-0.3, -0.25) is 4.79 Å². The lowest BCUT2D eigenvalue weighted by Crippen LogP contribution is -2.37. The van der Waals surface area contributed by atoms with Gasteiger partial charge in [0, 0.05) is 5.41 Å². The zero-order valence-corrected chi connectivity index (χ0v) is 11.6. The number of Topliss-reactive ketones (excluding diaryl/α,β-unsaturated/α-hetero) is 1. The highest BCUT2D eigenvalue weighted by Gasteiger charge is 2.42. The summed E-state index contributed by atoms with van der Waals surface area (Å²) in [5.74, 6) is 0.313. The van der Waals surface area contributed by atoms with E-state index in [2.05, 4.69) is 0 Å². The molecular formula is C9H18OS3. The average Bonchev–Trinajstić information content (AvgIpc) is 2.07. The maximum absolute atomic E-state index is 12.1. The van der Waals surface area contributed by atoms with Crippen LogP contribution in [0.2, 0.25) is 0 Å². The fraction of sp³-hybridized carbons (Fsp3) is 0.889. The first-order valence-corrected chi connectivity index (χ1v) is 7.72. The highest BCUT2D eigenvalue weighted by atomic mass is 32.3. The van der Waals surface area contributed by atoms with Gasteiger partial charge in [-0.05, 0) is 18.8 Å². The molecule has 0 fully saturated rings. The smallest absolute Gasteiger partial charge is 0.174 e. The van der Waals surface area contributed by atoms with E-state index in [-0.39, 0.29) is 8.83 Å². The molecule has 0 aromatic rings. The van der Waals surface area contributed by atoms with Crippen molar-refractivity contribution in [1.82, 2.24) is 0 Å². The summed E-state index contributed by atoms with van der Waals surface area (Å²) >= 11 is 4.89. The molecule has 0 rings (SSSR count). The van der Waals surface area contributed by atoms with Gasteiger partial charge < -0.3 is 0 Å². The minimum absolute atomic E-state index is 0.255. The second-order valence-corrected chi connectivity index (χ2v) is 7.58. The molecule has 0 spiro atoms. The molecule has 0 aromatic heterocycles. The molecule has 0 aromatic carbocycles. The quantitative estimate of drug-likeness (QED) is 0.698. The molecule has 0 atom stereocenters. The summed E-state index contributed by atoms with van der Waals surface area (Å²) in [7, 11) is 0. The Morgan fingerprint density at radius 1 is 0.923 bits per heavy atom. The first-order valence-electron chi connectivity index (χ1n) is 4.04. The van der Waals surface area contributed by atoms with Gasteiger partial charge in [-0.1, -0.05) is 20.8 Å². The Morgan fingerprint density at radius 3 is 1.31 bits per heavy atom. The minimum atomic E-state index is -0.321.